The Morgan fingerprint density at radius 3 is 2.43 bits per heavy atom. The average molecular weight is 288 g/mol. The van der Waals surface area contributed by atoms with Crippen LogP contribution in [-0.2, 0) is 4.74 Å². The maximum Gasteiger partial charge on any atom is 0.411 e. The van der Waals surface area contributed by atoms with Crippen LogP contribution in [0.25, 0.3) is 0 Å². The maximum atomic E-state index is 12.3. The number of ether oxygens (including phenoxy) is 1. The van der Waals surface area contributed by atoms with E-state index in [1.165, 1.54) is 6.07 Å². The quantitative estimate of drug-likeness (QED) is 0.450. The summed E-state index contributed by atoms with van der Waals surface area (Å²) in [6.45, 7) is 5.44. The number of carbonyl (C=O) groups is 1. The van der Waals surface area contributed by atoms with Gasteiger partial charge in [0.2, 0.25) is 0 Å². The lowest BCUT2D eigenvalue weighted by molar-refractivity contribution is -0.384. The molecule has 2 aliphatic heterocycles. The van der Waals surface area contributed by atoms with Gasteiger partial charge in [-0.15, -0.1) is 0 Å². The Balaban J connectivity index is 1.93. The van der Waals surface area contributed by atoms with Crippen LogP contribution in [0, 0.1) is 10.1 Å². The molecule has 6 heteroatoms. The molecule has 0 unspecified atom stereocenters. The molecule has 0 aromatic heterocycles. The van der Waals surface area contributed by atoms with E-state index in [2.05, 4.69) is 0 Å². The molecule has 0 fully saturated rings. The molecule has 0 aliphatic carbocycles. The summed E-state index contributed by atoms with van der Waals surface area (Å²) in [5, 5.41) is 10.9. The number of nitro groups is 1. The minimum atomic E-state index is -0.572. The number of nitro benzene ring substituents is 1. The van der Waals surface area contributed by atoms with E-state index in [9.17, 15) is 14.9 Å². The van der Waals surface area contributed by atoms with Gasteiger partial charge in [-0.2, -0.15) is 0 Å². The third-order valence-electron chi connectivity index (χ3n) is 3.60. The van der Waals surface area contributed by atoms with Crippen molar-refractivity contribution in [2.45, 2.75) is 38.5 Å². The van der Waals surface area contributed by atoms with Crippen LogP contribution in [0.1, 0.15) is 44.0 Å². The van der Waals surface area contributed by atoms with Crippen LogP contribution in [0.15, 0.2) is 30.4 Å². The molecule has 6 nitrogen and oxygen atoms in total. The van der Waals surface area contributed by atoms with E-state index in [1.807, 2.05) is 32.9 Å². The fourth-order valence-corrected chi connectivity index (χ4v) is 2.82. The van der Waals surface area contributed by atoms with E-state index in [4.69, 9.17) is 4.74 Å². The van der Waals surface area contributed by atoms with Gasteiger partial charge in [0.25, 0.3) is 5.69 Å². The van der Waals surface area contributed by atoms with E-state index >= 15 is 0 Å². The third kappa shape index (κ3) is 2.16. The standard InChI is InChI=1S/C15H16N2O4/c1-15(2,3)21-14(18)16-12-6-7-13(16)11-8-9(17(19)20)4-5-10(11)12/h4-8,12-13H,1-3H3/t12-,13-/m1/s1. The summed E-state index contributed by atoms with van der Waals surface area (Å²) in [6.07, 6.45) is 3.42. The van der Waals surface area contributed by atoms with E-state index in [0.717, 1.165) is 11.1 Å². The predicted molar refractivity (Wildman–Crippen MR) is 75.8 cm³/mol. The number of non-ortho nitro benzene ring substituents is 1. The molecule has 0 saturated carbocycles. The van der Waals surface area contributed by atoms with E-state index < -0.39 is 16.6 Å². The highest BCUT2D eigenvalue weighted by Crippen LogP contribution is 2.49. The normalized spacial score (nSPS) is 22.3. The van der Waals surface area contributed by atoms with Crippen LogP contribution < -0.4 is 0 Å². The Morgan fingerprint density at radius 1 is 1.24 bits per heavy atom. The summed E-state index contributed by atoms with van der Waals surface area (Å²) in [5.41, 5.74) is 1.21. The topological polar surface area (TPSA) is 72.7 Å². The largest absolute Gasteiger partial charge is 0.444 e. The number of fused-ring (bicyclic) bond motifs is 5. The Kier molecular flexibility index (Phi) is 2.79. The van der Waals surface area contributed by atoms with Crippen molar-refractivity contribution in [3.05, 3.63) is 51.6 Å². The summed E-state index contributed by atoms with van der Waals surface area (Å²) >= 11 is 0. The molecule has 0 radical (unpaired) electrons. The van der Waals surface area contributed by atoms with Gasteiger partial charge in [0.15, 0.2) is 0 Å². The number of carbonyl (C=O) groups excluding carboxylic acids is 1. The summed E-state index contributed by atoms with van der Waals surface area (Å²) in [4.78, 5) is 24.4. The Hall–Kier alpha value is -2.37. The van der Waals surface area contributed by atoms with Gasteiger partial charge in [0.1, 0.15) is 5.60 Å². The van der Waals surface area contributed by atoms with E-state index in [0.29, 0.717) is 0 Å². The number of amides is 1. The minimum Gasteiger partial charge on any atom is -0.444 e. The Morgan fingerprint density at radius 2 is 1.86 bits per heavy atom. The highest BCUT2D eigenvalue weighted by atomic mass is 16.6. The fourth-order valence-electron chi connectivity index (χ4n) is 2.82. The first kappa shape index (κ1) is 13.6. The molecule has 0 spiro atoms. The van der Waals surface area contributed by atoms with Gasteiger partial charge in [-0.25, -0.2) is 4.79 Å². The van der Waals surface area contributed by atoms with E-state index in [1.54, 1.807) is 17.0 Å². The zero-order valence-electron chi connectivity index (χ0n) is 12.1. The van der Waals surface area contributed by atoms with Gasteiger partial charge < -0.3 is 4.74 Å². The SMILES string of the molecule is CC(C)(C)OC(=O)N1[C@@H]2C=C[C@@H]1c1cc([N+](=O)[O-])ccc12. The number of rotatable bonds is 1. The lowest BCUT2D eigenvalue weighted by Gasteiger charge is -2.27. The molecule has 21 heavy (non-hydrogen) atoms. The molecule has 110 valence electrons. The summed E-state index contributed by atoms with van der Waals surface area (Å²) in [5.74, 6) is 0. The van der Waals surface area contributed by atoms with Crippen LogP contribution in [0.5, 0.6) is 0 Å². The highest BCUT2D eigenvalue weighted by Gasteiger charge is 2.45. The van der Waals surface area contributed by atoms with Crippen molar-refractivity contribution in [1.29, 1.82) is 0 Å². The van der Waals surface area contributed by atoms with E-state index in [-0.39, 0.29) is 17.8 Å². The van der Waals surface area contributed by atoms with Crippen molar-refractivity contribution in [3.63, 3.8) is 0 Å². The molecule has 1 amide bonds. The number of hydrogen-bond donors (Lipinski definition) is 0. The Bertz CT molecular complexity index is 660. The molecule has 0 saturated heterocycles. The summed E-state index contributed by atoms with van der Waals surface area (Å²) in [6, 6.07) is 4.26. The number of hydrogen-bond acceptors (Lipinski definition) is 4. The Labute approximate surface area is 122 Å². The zero-order chi connectivity index (χ0) is 15.4. The van der Waals surface area contributed by atoms with Crippen molar-refractivity contribution in [2.75, 3.05) is 0 Å². The first-order chi connectivity index (χ1) is 9.78. The average Bonchev–Trinajstić information content (AvgIpc) is 2.92. The highest BCUT2D eigenvalue weighted by molar-refractivity contribution is 5.74. The molecular weight excluding hydrogens is 272 g/mol. The minimum absolute atomic E-state index is 0.0406. The van der Waals surface area contributed by atoms with Gasteiger partial charge in [-0.3, -0.25) is 15.0 Å². The number of benzene rings is 1. The molecule has 2 bridgehead atoms. The van der Waals surface area contributed by atoms with Crippen molar-refractivity contribution in [1.82, 2.24) is 4.90 Å². The smallest absolute Gasteiger partial charge is 0.411 e. The first-order valence-corrected chi connectivity index (χ1v) is 6.76. The van der Waals surface area contributed by atoms with Gasteiger partial charge in [0.05, 0.1) is 17.0 Å². The molecule has 2 aliphatic rings. The molecule has 2 atom stereocenters. The molecule has 2 heterocycles. The lowest BCUT2D eigenvalue weighted by Crippen LogP contribution is -2.35. The van der Waals surface area contributed by atoms with Crippen molar-refractivity contribution < 1.29 is 14.5 Å². The molecule has 1 aromatic carbocycles. The first-order valence-electron chi connectivity index (χ1n) is 6.76. The van der Waals surface area contributed by atoms with Crippen LogP contribution in [0.4, 0.5) is 10.5 Å². The van der Waals surface area contributed by atoms with Gasteiger partial charge in [-0.05, 0) is 38.0 Å². The second kappa shape index (κ2) is 4.31. The van der Waals surface area contributed by atoms with Gasteiger partial charge in [0, 0.05) is 12.1 Å². The van der Waals surface area contributed by atoms with Gasteiger partial charge in [-0.1, -0.05) is 12.2 Å². The molecule has 1 aromatic rings. The van der Waals surface area contributed by atoms with Crippen LogP contribution in [0.3, 0.4) is 0 Å². The van der Waals surface area contributed by atoms with Crippen LogP contribution >= 0.6 is 0 Å². The van der Waals surface area contributed by atoms with Crippen molar-refractivity contribution >= 4 is 11.8 Å². The zero-order valence-corrected chi connectivity index (χ0v) is 12.1. The lowest BCUT2D eigenvalue weighted by atomic mass is 9.96. The second-order valence-corrected chi connectivity index (χ2v) is 6.23. The summed E-state index contributed by atoms with van der Waals surface area (Å²) < 4.78 is 5.42. The maximum absolute atomic E-state index is 12.3. The molecular formula is C15H16N2O4. The molecule has 3 rings (SSSR count). The predicted octanol–water partition coefficient (Wildman–Crippen LogP) is 3.50. The number of nitrogens with zero attached hydrogens (tertiary/aromatic N) is 2. The van der Waals surface area contributed by atoms with Crippen LogP contribution in [0.2, 0.25) is 0 Å². The van der Waals surface area contributed by atoms with Crippen molar-refractivity contribution in [2.24, 2.45) is 0 Å². The fraction of sp³-hybridized carbons (Fsp3) is 0.400. The summed E-state index contributed by atoms with van der Waals surface area (Å²) in [7, 11) is 0. The van der Waals surface area contributed by atoms with Gasteiger partial charge >= 0.3 is 6.09 Å². The molecule has 0 N–H and O–H groups in total. The third-order valence-corrected chi connectivity index (χ3v) is 3.60. The second-order valence-electron chi connectivity index (χ2n) is 6.23. The van der Waals surface area contributed by atoms with Crippen molar-refractivity contribution in [3.8, 4) is 0 Å². The van der Waals surface area contributed by atoms with Crippen LogP contribution in [-0.4, -0.2) is 21.5 Å². The monoisotopic (exact) mass is 288 g/mol.